The number of fused-ring (bicyclic) bond motifs is 1. The van der Waals surface area contributed by atoms with E-state index >= 15 is 0 Å². The van der Waals surface area contributed by atoms with Gasteiger partial charge >= 0.3 is 0 Å². The van der Waals surface area contributed by atoms with E-state index < -0.39 is 6.67 Å². The largest absolute Gasteiger partial charge is 0.497 e. The molecule has 0 bridgehead atoms. The summed E-state index contributed by atoms with van der Waals surface area (Å²) in [5.74, 6) is 1.43. The zero-order chi connectivity index (χ0) is 14.5. The Bertz CT molecular complexity index is 661. The molecule has 1 aromatic heterocycles. The number of thiazole rings is 1. The lowest BCUT2D eigenvalue weighted by Crippen LogP contribution is -1.87. The number of halogens is 1. The molecule has 0 aliphatic carbocycles. The summed E-state index contributed by atoms with van der Waals surface area (Å²) in [6, 6.07) is 3.70. The summed E-state index contributed by atoms with van der Waals surface area (Å²) in [6.45, 7) is 1.42. The van der Waals surface area contributed by atoms with Crippen molar-refractivity contribution in [3.05, 3.63) is 35.4 Å². The van der Waals surface area contributed by atoms with Gasteiger partial charge in [-0.3, -0.25) is 0 Å². The van der Waals surface area contributed by atoms with Gasteiger partial charge < -0.3 is 9.47 Å². The average Bonchev–Trinajstić information content (AvgIpc) is 2.90. The molecule has 0 saturated carbocycles. The van der Waals surface area contributed by atoms with Crippen LogP contribution in [0.2, 0.25) is 0 Å². The minimum absolute atomic E-state index is 0.487. The maximum Gasteiger partial charge on any atom is 0.142 e. The van der Waals surface area contributed by atoms with Crippen LogP contribution in [0.1, 0.15) is 11.9 Å². The summed E-state index contributed by atoms with van der Waals surface area (Å²) in [5.41, 5.74) is 1.71. The van der Waals surface area contributed by atoms with E-state index in [-0.39, 0.29) is 0 Å². The van der Waals surface area contributed by atoms with Gasteiger partial charge in [-0.15, -0.1) is 11.3 Å². The molecule has 3 nitrogen and oxygen atoms in total. The molecule has 0 atom stereocenters. The van der Waals surface area contributed by atoms with Crippen molar-refractivity contribution in [2.45, 2.75) is 6.92 Å². The highest BCUT2D eigenvalue weighted by atomic mass is 32.1. The fourth-order valence-corrected chi connectivity index (χ4v) is 2.93. The first kappa shape index (κ1) is 14.5. The molecule has 1 heterocycles. The van der Waals surface area contributed by atoms with Crippen molar-refractivity contribution >= 4 is 27.1 Å². The predicted molar refractivity (Wildman–Crippen MR) is 81.5 cm³/mol. The number of hydrogen-bond donors (Lipinski definition) is 0. The van der Waals surface area contributed by atoms with E-state index in [9.17, 15) is 4.39 Å². The first-order valence-corrected chi connectivity index (χ1v) is 6.96. The molecular formula is C15H16FNO2S. The molecule has 2 rings (SSSR count). The second-order valence-corrected chi connectivity index (χ2v) is 5.00. The minimum atomic E-state index is -0.487. The summed E-state index contributed by atoms with van der Waals surface area (Å²) in [5, 5.41) is 0.832. The fourth-order valence-electron chi connectivity index (χ4n) is 1.83. The van der Waals surface area contributed by atoms with Crippen LogP contribution in [0.15, 0.2) is 30.4 Å². The molecule has 5 heteroatoms. The highest BCUT2D eigenvalue weighted by molar-refractivity contribution is 7.20. The van der Waals surface area contributed by atoms with Gasteiger partial charge in [0.2, 0.25) is 0 Å². The molecule has 106 valence electrons. The van der Waals surface area contributed by atoms with Crippen molar-refractivity contribution in [2.24, 2.45) is 0 Å². The summed E-state index contributed by atoms with van der Waals surface area (Å²) in [6.07, 6.45) is 5.12. The summed E-state index contributed by atoms with van der Waals surface area (Å²) >= 11 is 1.52. The molecular weight excluding hydrogens is 277 g/mol. The minimum Gasteiger partial charge on any atom is -0.497 e. The lowest BCUT2D eigenvalue weighted by Gasteiger charge is -2.03. The van der Waals surface area contributed by atoms with Crippen LogP contribution in [0.5, 0.6) is 11.5 Å². The first-order valence-electron chi connectivity index (χ1n) is 6.15. The Morgan fingerprint density at radius 2 is 2.15 bits per heavy atom. The first-order chi connectivity index (χ1) is 9.73. The van der Waals surface area contributed by atoms with Crippen molar-refractivity contribution in [1.29, 1.82) is 0 Å². The third kappa shape index (κ3) is 2.82. The summed E-state index contributed by atoms with van der Waals surface area (Å²) in [4.78, 5) is 4.57. The Hall–Kier alpha value is -1.88. The molecule has 0 saturated heterocycles. The van der Waals surface area contributed by atoms with Crippen molar-refractivity contribution in [3.8, 4) is 11.5 Å². The molecule has 20 heavy (non-hydrogen) atoms. The number of nitrogens with zero attached hydrogens (tertiary/aromatic N) is 1. The van der Waals surface area contributed by atoms with E-state index in [1.807, 2.05) is 25.1 Å². The number of alkyl halides is 1. The highest BCUT2D eigenvalue weighted by Gasteiger charge is 2.12. The molecule has 1 aromatic carbocycles. The molecule has 0 aliphatic heterocycles. The third-order valence-electron chi connectivity index (χ3n) is 2.83. The molecule has 0 fully saturated rings. The van der Waals surface area contributed by atoms with E-state index in [1.54, 1.807) is 20.3 Å². The normalized spacial score (nSPS) is 12.3. The topological polar surface area (TPSA) is 31.4 Å². The van der Waals surface area contributed by atoms with Gasteiger partial charge in [0.05, 0.1) is 24.4 Å². The summed E-state index contributed by atoms with van der Waals surface area (Å²) < 4.78 is 23.8. The van der Waals surface area contributed by atoms with Gasteiger partial charge in [0.25, 0.3) is 0 Å². The van der Waals surface area contributed by atoms with E-state index in [2.05, 4.69) is 4.98 Å². The quantitative estimate of drug-likeness (QED) is 0.773. The Morgan fingerprint density at radius 1 is 1.35 bits per heavy atom. The number of allylic oxidation sites excluding steroid dienone is 4. The van der Waals surface area contributed by atoms with Crippen molar-refractivity contribution < 1.29 is 13.9 Å². The lowest BCUT2D eigenvalue weighted by molar-refractivity contribution is 0.398. The van der Waals surface area contributed by atoms with Gasteiger partial charge in [0, 0.05) is 17.7 Å². The van der Waals surface area contributed by atoms with Crippen LogP contribution in [0.25, 0.3) is 15.8 Å². The Kier molecular flexibility index (Phi) is 4.74. The van der Waals surface area contributed by atoms with Crippen LogP contribution < -0.4 is 9.47 Å². The van der Waals surface area contributed by atoms with Gasteiger partial charge in [-0.1, -0.05) is 18.2 Å². The van der Waals surface area contributed by atoms with Crippen molar-refractivity contribution in [1.82, 2.24) is 4.98 Å². The van der Waals surface area contributed by atoms with E-state index in [4.69, 9.17) is 9.47 Å². The number of ether oxygens (including phenoxy) is 2. The maximum atomic E-state index is 12.3. The van der Waals surface area contributed by atoms with Crippen LogP contribution in [0.4, 0.5) is 4.39 Å². The Balaban J connectivity index is 2.55. The average molecular weight is 293 g/mol. The van der Waals surface area contributed by atoms with Crippen LogP contribution in [-0.2, 0) is 0 Å². The van der Waals surface area contributed by atoms with Crippen LogP contribution in [0, 0.1) is 0 Å². The van der Waals surface area contributed by atoms with Crippen molar-refractivity contribution in [3.63, 3.8) is 0 Å². The number of rotatable bonds is 5. The zero-order valence-corrected chi connectivity index (χ0v) is 12.5. The molecule has 0 spiro atoms. The zero-order valence-electron chi connectivity index (χ0n) is 11.6. The Morgan fingerprint density at radius 3 is 2.75 bits per heavy atom. The lowest BCUT2D eigenvalue weighted by atomic mass is 10.2. The molecule has 0 aliphatic rings. The van der Waals surface area contributed by atoms with Crippen molar-refractivity contribution in [2.75, 3.05) is 20.9 Å². The second-order valence-electron chi connectivity index (χ2n) is 4.00. The van der Waals surface area contributed by atoms with Gasteiger partial charge in [0.1, 0.15) is 23.2 Å². The van der Waals surface area contributed by atoms with Gasteiger partial charge in [0.15, 0.2) is 0 Å². The molecule has 0 unspecified atom stereocenters. The fraction of sp³-hybridized carbons (Fsp3) is 0.267. The van der Waals surface area contributed by atoms with E-state index in [0.29, 0.717) is 5.75 Å². The SMILES string of the molecule is C/C=C(\C=C/CF)c1nc2cc(OC)cc(OC)c2s1. The van der Waals surface area contributed by atoms with Crippen LogP contribution in [-0.4, -0.2) is 25.9 Å². The smallest absolute Gasteiger partial charge is 0.142 e. The molecule has 0 N–H and O–H groups in total. The Labute approximate surface area is 121 Å². The van der Waals surface area contributed by atoms with Crippen LogP contribution in [0.3, 0.4) is 0 Å². The number of methoxy groups -OCH3 is 2. The molecule has 0 amide bonds. The van der Waals surface area contributed by atoms with Crippen LogP contribution >= 0.6 is 11.3 Å². The standard InChI is InChI=1S/C15H16FNO2S/c1-4-10(6-5-7-16)15-17-12-8-11(18-2)9-13(19-3)14(12)20-15/h4-6,8-9H,7H2,1-3H3/b6-5-,10-4+. The second kappa shape index (κ2) is 6.52. The predicted octanol–water partition coefficient (Wildman–Crippen LogP) is 4.24. The number of benzene rings is 1. The van der Waals surface area contributed by atoms with Gasteiger partial charge in [-0.25, -0.2) is 9.37 Å². The van der Waals surface area contributed by atoms with Gasteiger partial charge in [-0.2, -0.15) is 0 Å². The monoisotopic (exact) mass is 293 g/mol. The van der Waals surface area contributed by atoms with E-state index in [1.165, 1.54) is 17.4 Å². The highest BCUT2D eigenvalue weighted by Crippen LogP contribution is 2.37. The maximum absolute atomic E-state index is 12.3. The molecule has 2 aromatic rings. The summed E-state index contributed by atoms with van der Waals surface area (Å²) in [7, 11) is 3.22. The number of aromatic nitrogens is 1. The van der Waals surface area contributed by atoms with Gasteiger partial charge in [-0.05, 0) is 6.92 Å². The third-order valence-corrected chi connectivity index (χ3v) is 3.96. The van der Waals surface area contributed by atoms with E-state index in [0.717, 1.165) is 26.5 Å². The molecule has 0 radical (unpaired) electrons. The number of hydrogen-bond acceptors (Lipinski definition) is 4.